The van der Waals surface area contributed by atoms with Crippen LogP contribution < -0.4 is 4.74 Å². The lowest BCUT2D eigenvalue weighted by Gasteiger charge is -2.10. The van der Waals surface area contributed by atoms with Crippen molar-refractivity contribution in [2.75, 3.05) is 6.61 Å². The summed E-state index contributed by atoms with van der Waals surface area (Å²) < 4.78 is 7.42. The monoisotopic (exact) mass is 402 g/mol. The van der Waals surface area contributed by atoms with E-state index >= 15 is 0 Å². The highest BCUT2D eigenvalue weighted by atomic mass is 79.9. The predicted octanol–water partition coefficient (Wildman–Crippen LogP) is 5.15. The lowest BCUT2D eigenvalue weighted by Crippen LogP contribution is -2.12. The molecule has 2 rings (SSSR count). The maximum Gasteiger partial charge on any atom is 0.202 e. The van der Waals surface area contributed by atoms with Gasteiger partial charge in [0.15, 0.2) is 6.61 Å². The van der Waals surface area contributed by atoms with Crippen LogP contribution in [-0.2, 0) is 0 Å². The largest absolute Gasteiger partial charge is 0.485 e. The van der Waals surface area contributed by atoms with Gasteiger partial charge in [-0.15, -0.1) is 11.3 Å². The summed E-state index contributed by atoms with van der Waals surface area (Å²) >= 11 is 8.23. The third-order valence-electron chi connectivity index (χ3n) is 2.71. The molecule has 0 spiro atoms. The average Bonchev–Trinajstić information content (AvgIpc) is 2.67. The molecule has 0 saturated heterocycles. The molecule has 100 valence electrons. The number of hydrogen-bond donors (Lipinski definition) is 0. The van der Waals surface area contributed by atoms with Crippen LogP contribution in [0.15, 0.2) is 31.8 Å². The molecule has 0 N–H and O–H groups in total. The third kappa shape index (κ3) is 3.46. The molecule has 0 saturated carbocycles. The van der Waals surface area contributed by atoms with E-state index in [2.05, 4.69) is 31.9 Å². The van der Waals surface area contributed by atoms with E-state index in [1.807, 2.05) is 38.1 Å². The smallest absolute Gasteiger partial charge is 0.202 e. The summed E-state index contributed by atoms with van der Waals surface area (Å²) in [5, 5.41) is 0. The van der Waals surface area contributed by atoms with Crippen molar-refractivity contribution in [2.24, 2.45) is 0 Å². The van der Waals surface area contributed by atoms with Gasteiger partial charge in [-0.2, -0.15) is 0 Å². The number of ketones is 1. The maximum absolute atomic E-state index is 12.1. The van der Waals surface area contributed by atoms with Crippen molar-refractivity contribution in [3.63, 3.8) is 0 Å². The Hall–Kier alpha value is -0.650. The fourth-order valence-corrected chi connectivity index (χ4v) is 4.63. The minimum absolute atomic E-state index is 0.0310. The second kappa shape index (κ2) is 6.20. The average molecular weight is 404 g/mol. The van der Waals surface area contributed by atoms with Crippen LogP contribution in [0.25, 0.3) is 0 Å². The summed E-state index contributed by atoms with van der Waals surface area (Å²) in [6.07, 6.45) is 0. The number of carbonyl (C=O) groups excluding carboxylic acids is 1. The normalized spacial score (nSPS) is 10.5. The first-order valence-corrected chi connectivity index (χ1v) is 8.06. The number of aryl methyl sites for hydroxylation is 2. The van der Waals surface area contributed by atoms with E-state index < -0.39 is 0 Å². The number of ether oxygens (including phenoxy) is 1. The molecule has 1 aromatic carbocycles. The van der Waals surface area contributed by atoms with Crippen molar-refractivity contribution in [3.05, 3.63) is 48.5 Å². The van der Waals surface area contributed by atoms with Crippen molar-refractivity contribution in [2.45, 2.75) is 13.8 Å². The molecule has 5 heteroatoms. The predicted molar refractivity (Wildman–Crippen MR) is 85.5 cm³/mol. The molecule has 2 nitrogen and oxygen atoms in total. The summed E-state index contributed by atoms with van der Waals surface area (Å²) in [7, 11) is 0. The van der Waals surface area contributed by atoms with Crippen LogP contribution in [0.5, 0.6) is 5.75 Å². The Labute approximate surface area is 133 Å². The van der Waals surface area contributed by atoms with Crippen LogP contribution in [0.4, 0.5) is 0 Å². The van der Waals surface area contributed by atoms with Gasteiger partial charge in [0, 0.05) is 5.56 Å². The van der Waals surface area contributed by atoms with Crippen LogP contribution >= 0.6 is 43.2 Å². The van der Waals surface area contributed by atoms with Gasteiger partial charge in [0.1, 0.15) is 5.75 Å². The fraction of sp³-hybridized carbons (Fsp3) is 0.214. The molecular formula is C14H12Br2O2S. The third-order valence-corrected chi connectivity index (χ3v) is 5.05. The van der Waals surface area contributed by atoms with Crippen molar-refractivity contribution < 1.29 is 9.53 Å². The first-order chi connectivity index (χ1) is 8.99. The first-order valence-electron chi connectivity index (χ1n) is 5.66. The fourth-order valence-electron chi connectivity index (χ4n) is 1.77. The van der Waals surface area contributed by atoms with E-state index in [9.17, 15) is 4.79 Å². The Morgan fingerprint density at radius 2 is 1.89 bits per heavy atom. The van der Waals surface area contributed by atoms with Gasteiger partial charge in [0.25, 0.3) is 0 Å². The van der Waals surface area contributed by atoms with E-state index in [1.165, 1.54) is 11.3 Å². The SMILES string of the molecule is Cc1cccc(C)c1OCC(=O)c1cc(Br)sc1Br. The van der Waals surface area contributed by atoms with Gasteiger partial charge in [0.2, 0.25) is 5.78 Å². The molecule has 0 unspecified atom stereocenters. The molecule has 0 fully saturated rings. The van der Waals surface area contributed by atoms with Gasteiger partial charge in [0.05, 0.1) is 7.57 Å². The lowest BCUT2D eigenvalue weighted by atomic mass is 10.1. The molecule has 0 aliphatic carbocycles. The Balaban J connectivity index is 2.11. The standard InChI is InChI=1S/C14H12Br2O2S/c1-8-4-3-5-9(2)13(8)18-7-11(17)10-6-12(15)19-14(10)16/h3-6H,7H2,1-2H3. The number of Topliss-reactive ketones (excluding diaryl/α,β-unsaturated/α-hetero) is 1. The summed E-state index contributed by atoms with van der Waals surface area (Å²) in [6.45, 7) is 4.00. The van der Waals surface area contributed by atoms with E-state index in [4.69, 9.17) is 4.74 Å². The Morgan fingerprint density at radius 3 is 2.42 bits per heavy atom. The molecule has 0 aliphatic heterocycles. The van der Waals surface area contributed by atoms with Crippen molar-refractivity contribution in [3.8, 4) is 5.75 Å². The van der Waals surface area contributed by atoms with E-state index in [-0.39, 0.29) is 12.4 Å². The Morgan fingerprint density at radius 1 is 1.26 bits per heavy atom. The number of rotatable bonds is 4. The summed E-state index contributed by atoms with van der Waals surface area (Å²) in [5.74, 6) is 0.762. The molecule has 0 bridgehead atoms. The van der Waals surface area contributed by atoms with Crippen LogP contribution in [0.1, 0.15) is 21.5 Å². The van der Waals surface area contributed by atoms with E-state index in [0.717, 1.165) is 24.4 Å². The molecule has 0 amide bonds. The van der Waals surface area contributed by atoms with Crippen molar-refractivity contribution in [1.82, 2.24) is 0 Å². The summed E-state index contributed by atoms with van der Waals surface area (Å²) in [4.78, 5) is 12.1. The Kier molecular flexibility index (Phi) is 4.81. The summed E-state index contributed by atoms with van der Waals surface area (Å²) in [5.41, 5.74) is 2.74. The minimum Gasteiger partial charge on any atom is -0.485 e. The number of halogens is 2. The van der Waals surface area contributed by atoms with Crippen LogP contribution in [0.3, 0.4) is 0 Å². The molecule has 1 heterocycles. The van der Waals surface area contributed by atoms with Crippen LogP contribution in [0.2, 0.25) is 0 Å². The number of thiophene rings is 1. The van der Waals surface area contributed by atoms with Gasteiger partial charge < -0.3 is 4.74 Å². The molecule has 1 aromatic heterocycles. The summed E-state index contributed by atoms with van der Waals surface area (Å²) in [6, 6.07) is 7.74. The molecule has 19 heavy (non-hydrogen) atoms. The number of hydrogen-bond acceptors (Lipinski definition) is 3. The molecule has 0 aliphatic rings. The number of para-hydroxylation sites is 1. The first kappa shape index (κ1) is 14.8. The second-order valence-electron chi connectivity index (χ2n) is 4.17. The van der Waals surface area contributed by atoms with Crippen LogP contribution in [-0.4, -0.2) is 12.4 Å². The molecule has 0 radical (unpaired) electrons. The molecule has 2 aromatic rings. The maximum atomic E-state index is 12.1. The zero-order valence-corrected chi connectivity index (χ0v) is 14.5. The minimum atomic E-state index is -0.0310. The van der Waals surface area contributed by atoms with Gasteiger partial charge in [-0.25, -0.2) is 0 Å². The van der Waals surface area contributed by atoms with Crippen molar-refractivity contribution >= 4 is 49.0 Å². The zero-order chi connectivity index (χ0) is 14.0. The second-order valence-corrected chi connectivity index (χ2v) is 7.92. The van der Waals surface area contributed by atoms with Gasteiger partial charge in [-0.3, -0.25) is 4.79 Å². The Bertz CT molecular complexity index is 600. The highest BCUT2D eigenvalue weighted by Crippen LogP contribution is 2.32. The van der Waals surface area contributed by atoms with Gasteiger partial charge >= 0.3 is 0 Å². The van der Waals surface area contributed by atoms with Gasteiger partial charge in [-0.1, -0.05) is 18.2 Å². The lowest BCUT2D eigenvalue weighted by molar-refractivity contribution is 0.0920. The zero-order valence-electron chi connectivity index (χ0n) is 10.5. The van der Waals surface area contributed by atoms with Gasteiger partial charge in [-0.05, 0) is 62.9 Å². The van der Waals surface area contributed by atoms with Crippen LogP contribution in [0, 0.1) is 13.8 Å². The van der Waals surface area contributed by atoms with Crippen molar-refractivity contribution in [1.29, 1.82) is 0 Å². The molecular weight excluding hydrogens is 392 g/mol. The molecule has 0 atom stereocenters. The van der Waals surface area contributed by atoms with E-state index in [0.29, 0.717) is 5.56 Å². The highest BCUT2D eigenvalue weighted by Gasteiger charge is 2.15. The topological polar surface area (TPSA) is 26.3 Å². The number of benzene rings is 1. The number of carbonyl (C=O) groups is 1. The van der Waals surface area contributed by atoms with E-state index in [1.54, 1.807) is 0 Å². The highest BCUT2D eigenvalue weighted by molar-refractivity contribution is 9.12. The quantitative estimate of drug-likeness (QED) is 0.659.